The molecular weight excluding hydrogens is 270 g/mol. The van der Waals surface area contributed by atoms with Crippen LogP contribution in [0.2, 0.25) is 0 Å². The highest BCUT2D eigenvalue weighted by Gasteiger charge is 2.36. The van der Waals surface area contributed by atoms with Gasteiger partial charge in [-0.05, 0) is 18.6 Å². The number of benzene rings is 2. The molecule has 1 amide bonds. The molecule has 5 heteroatoms. The summed E-state index contributed by atoms with van der Waals surface area (Å²) in [5.74, 6) is -1.10. The molecule has 1 atom stereocenters. The van der Waals surface area contributed by atoms with E-state index in [1.54, 1.807) is 49.4 Å². The van der Waals surface area contributed by atoms with E-state index in [1.165, 1.54) is 6.07 Å². The number of carboxylic acids is 1. The summed E-state index contributed by atoms with van der Waals surface area (Å²) in [6.07, 6.45) is -0.971. The lowest BCUT2D eigenvalue weighted by molar-refractivity contribution is 0.0546. The first-order valence-corrected chi connectivity index (χ1v) is 6.32. The van der Waals surface area contributed by atoms with E-state index in [-0.39, 0.29) is 5.56 Å². The molecule has 5 nitrogen and oxygen atoms in total. The quantitative estimate of drug-likeness (QED) is 0.903. The maximum absolute atomic E-state index is 11.4. The van der Waals surface area contributed by atoms with Crippen LogP contribution in [-0.4, -0.2) is 17.2 Å². The third-order valence-electron chi connectivity index (χ3n) is 3.30. The highest BCUT2D eigenvalue weighted by atomic mass is 16.6. The van der Waals surface area contributed by atoms with Crippen LogP contribution in [0.4, 0.5) is 4.79 Å². The minimum Gasteiger partial charge on any atom is -0.478 e. The first-order chi connectivity index (χ1) is 9.95. The SMILES string of the molecule is CC(OC(N)=O)(c1ccccc1)c1ccccc1C(=O)O. The Hall–Kier alpha value is -2.82. The topological polar surface area (TPSA) is 89.6 Å². The van der Waals surface area contributed by atoms with Gasteiger partial charge in [0.25, 0.3) is 0 Å². The molecule has 2 aromatic carbocycles. The van der Waals surface area contributed by atoms with Crippen molar-refractivity contribution in [3.05, 3.63) is 71.3 Å². The van der Waals surface area contributed by atoms with Crippen molar-refractivity contribution in [2.24, 2.45) is 5.73 Å². The largest absolute Gasteiger partial charge is 0.478 e. The van der Waals surface area contributed by atoms with Crippen molar-refractivity contribution in [2.45, 2.75) is 12.5 Å². The number of primary amides is 1. The van der Waals surface area contributed by atoms with Crippen LogP contribution in [-0.2, 0) is 10.3 Å². The summed E-state index contributed by atoms with van der Waals surface area (Å²) in [5.41, 5.74) is 4.96. The van der Waals surface area contributed by atoms with Gasteiger partial charge in [-0.2, -0.15) is 0 Å². The number of carboxylic acid groups (broad SMARTS) is 1. The Bertz CT molecular complexity index is 669. The molecular formula is C16H15NO4. The summed E-state index contributed by atoms with van der Waals surface area (Å²) >= 11 is 0. The molecule has 0 saturated carbocycles. The van der Waals surface area contributed by atoms with E-state index in [2.05, 4.69) is 0 Å². The molecule has 0 aliphatic rings. The molecule has 0 heterocycles. The van der Waals surface area contributed by atoms with Gasteiger partial charge in [-0.15, -0.1) is 0 Å². The third kappa shape index (κ3) is 2.86. The van der Waals surface area contributed by atoms with E-state index in [4.69, 9.17) is 10.5 Å². The van der Waals surface area contributed by atoms with E-state index >= 15 is 0 Å². The number of aromatic carboxylic acids is 1. The van der Waals surface area contributed by atoms with E-state index in [1.807, 2.05) is 6.07 Å². The zero-order valence-corrected chi connectivity index (χ0v) is 11.4. The number of carbonyl (C=O) groups is 2. The van der Waals surface area contributed by atoms with E-state index in [0.29, 0.717) is 11.1 Å². The molecule has 1 unspecified atom stereocenters. The van der Waals surface area contributed by atoms with Crippen LogP contribution in [0.5, 0.6) is 0 Å². The Morgan fingerprint density at radius 2 is 1.62 bits per heavy atom. The van der Waals surface area contributed by atoms with Gasteiger partial charge >= 0.3 is 12.1 Å². The first-order valence-electron chi connectivity index (χ1n) is 6.32. The summed E-state index contributed by atoms with van der Waals surface area (Å²) < 4.78 is 5.28. The lowest BCUT2D eigenvalue weighted by atomic mass is 9.85. The van der Waals surface area contributed by atoms with Gasteiger partial charge < -0.3 is 15.6 Å². The van der Waals surface area contributed by atoms with Gasteiger partial charge in [-0.25, -0.2) is 9.59 Å². The predicted molar refractivity (Wildman–Crippen MR) is 77.0 cm³/mol. The monoisotopic (exact) mass is 285 g/mol. The van der Waals surface area contributed by atoms with Crippen molar-refractivity contribution < 1.29 is 19.4 Å². The number of ether oxygens (including phenoxy) is 1. The van der Waals surface area contributed by atoms with Gasteiger partial charge in [-0.1, -0.05) is 48.5 Å². The van der Waals surface area contributed by atoms with Gasteiger partial charge in [0, 0.05) is 5.56 Å². The van der Waals surface area contributed by atoms with Crippen LogP contribution < -0.4 is 5.73 Å². The normalized spacial score (nSPS) is 13.2. The van der Waals surface area contributed by atoms with Crippen molar-refractivity contribution in [1.82, 2.24) is 0 Å². The molecule has 0 fully saturated rings. The Morgan fingerprint density at radius 3 is 2.19 bits per heavy atom. The minimum atomic E-state index is -1.28. The number of carbonyl (C=O) groups excluding carboxylic acids is 1. The summed E-state index contributed by atoms with van der Waals surface area (Å²) in [4.78, 5) is 22.7. The van der Waals surface area contributed by atoms with E-state index < -0.39 is 17.7 Å². The minimum absolute atomic E-state index is 0.0603. The number of hydrogen-bond donors (Lipinski definition) is 2. The van der Waals surface area contributed by atoms with Crippen LogP contribution in [0.25, 0.3) is 0 Å². The summed E-state index contributed by atoms with van der Waals surface area (Å²) in [6.45, 7) is 1.62. The Morgan fingerprint density at radius 1 is 1.05 bits per heavy atom. The van der Waals surface area contributed by atoms with Gasteiger partial charge in [0.15, 0.2) is 5.60 Å². The fourth-order valence-electron chi connectivity index (χ4n) is 2.31. The van der Waals surface area contributed by atoms with Crippen molar-refractivity contribution >= 4 is 12.1 Å². The molecule has 0 aromatic heterocycles. The third-order valence-corrected chi connectivity index (χ3v) is 3.30. The van der Waals surface area contributed by atoms with Crippen LogP contribution in [0.1, 0.15) is 28.4 Å². The number of nitrogens with two attached hydrogens (primary N) is 1. The molecule has 2 rings (SSSR count). The van der Waals surface area contributed by atoms with E-state index in [9.17, 15) is 14.7 Å². The van der Waals surface area contributed by atoms with Crippen LogP contribution in [0.15, 0.2) is 54.6 Å². The Balaban J connectivity index is 2.67. The molecule has 0 bridgehead atoms. The summed E-state index contributed by atoms with van der Waals surface area (Å²) in [7, 11) is 0. The molecule has 0 spiro atoms. The van der Waals surface area contributed by atoms with Crippen molar-refractivity contribution in [2.75, 3.05) is 0 Å². The molecule has 0 aliphatic heterocycles. The second-order valence-corrected chi connectivity index (χ2v) is 4.67. The average molecular weight is 285 g/mol. The molecule has 0 radical (unpaired) electrons. The van der Waals surface area contributed by atoms with Crippen molar-refractivity contribution in [1.29, 1.82) is 0 Å². The molecule has 3 N–H and O–H groups in total. The first kappa shape index (κ1) is 14.6. The predicted octanol–water partition coefficient (Wildman–Crippen LogP) is 2.74. The van der Waals surface area contributed by atoms with Crippen molar-refractivity contribution in [3.63, 3.8) is 0 Å². The lowest BCUT2D eigenvalue weighted by Crippen LogP contribution is -2.34. The van der Waals surface area contributed by atoms with Crippen LogP contribution in [0.3, 0.4) is 0 Å². The average Bonchev–Trinajstić information content (AvgIpc) is 2.47. The van der Waals surface area contributed by atoms with Gasteiger partial charge in [0.1, 0.15) is 0 Å². The second-order valence-electron chi connectivity index (χ2n) is 4.67. The number of rotatable bonds is 4. The molecule has 108 valence electrons. The van der Waals surface area contributed by atoms with Gasteiger partial charge in [0.2, 0.25) is 0 Å². The zero-order valence-electron chi connectivity index (χ0n) is 11.4. The number of amides is 1. The smallest absolute Gasteiger partial charge is 0.405 e. The second kappa shape index (κ2) is 5.66. The highest BCUT2D eigenvalue weighted by Crippen LogP contribution is 2.35. The van der Waals surface area contributed by atoms with Gasteiger partial charge in [0.05, 0.1) is 5.56 Å². The molecule has 21 heavy (non-hydrogen) atoms. The zero-order chi connectivity index (χ0) is 15.5. The summed E-state index contributed by atoms with van der Waals surface area (Å²) in [6, 6.07) is 15.3. The van der Waals surface area contributed by atoms with Crippen molar-refractivity contribution in [3.8, 4) is 0 Å². The molecule has 0 aliphatic carbocycles. The standard InChI is InChI=1S/C16H15NO4/c1-16(21-15(17)20,11-7-3-2-4-8-11)13-10-6-5-9-12(13)14(18)19/h2-10H,1H3,(H2,17,20)(H,18,19). The highest BCUT2D eigenvalue weighted by molar-refractivity contribution is 5.90. The molecule has 2 aromatic rings. The lowest BCUT2D eigenvalue weighted by Gasteiger charge is -2.31. The Kier molecular flexibility index (Phi) is 3.93. The number of hydrogen-bond acceptors (Lipinski definition) is 3. The summed E-state index contributed by atoms with van der Waals surface area (Å²) in [5, 5.41) is 9.34. The van der Waals surface area contributed by atoms with Gasteiger partial charge in [-0.3, -0.25) is 0 Å². The fourth-order valence-corrected chi connectivity index (χ4v) is 2.31. The van der Waals surface area contributed by atoms with Crippen LogP contribution in [0, 0.1) is 0 Å². The maximum atomic E-state index is 11.4. The Labute approximate surface area is 122 Å². The fraction of sp³-hybridized carbons (Fsp3) is 0.125. The van der Waals surface area contributed by atoms with Crippen LogP contribution >= 0.6 is 0 Å². The van der Waals surface area contributed by atoms with E-state index in [0.717, 1.165) is 0 Å². The maximum Gasteiger partial charge on any atom is 0.405 e. The molecule has 0 saturated heterocycles.